The molecule has 0 saturated carbocycles. The third kappa shape index (κ3) is 2.59. The zero-order valence-electron chi connectivity index (χ0n) is 9.17. The molecule has 6 nitrogen and oxygen atoms in total. The van der Waals surface area contributed by atoms with Gasteiger partial charge in [0, 0.05) is 12.6 Å². The predicted molar refractivity (Wildman–Crippen MR) is 55.3 cm³/mol. The molecule has 1 heterocycles. The van der Waals surface area contributed by atoms with Crippen LogP contribution in [0.4, 0.5) is 0 Å². The van der Waals surface area contributed by atoms with E-state index in [1.54, 1.807) is 13.1 Å². The zero-order valence-corrected chi connectivity index (χ0v) is 9.17. The van der Waals surface area contributed by atoms with E-state index >= 15 is 0 Å². The summed E-state index contributed by atoms with van der Waals surface area (Å²) in [7, 11) is 0. The van der Waals surface area contributed by atoms with Gasteiger partial charge in [0.05, 0.1) is 12.1 Å². The Labute approximate surface area is 92.5 Å². The first-order valence-electron chi connectivity index (χ1n) is 4.94. The van der Waals surface area contributed by atoms with Crippen LogP contribution < -0.4 is 0 Å². The lowest BCUT2D eigenvalue weighted by molar-refractivity contribution is -0.147. The van der Waals surface area contributed by atoms with Crippen LogP contribution in [0, 0.1) is 6.92 Å². The number of carbonyl (C=O) groups is 2. The number of aryl methyl sites for hydroxylation is 2. The van der Waals surface area contributed by atoms with Crippen molar-refractivity contribution in [2.24, 2.45) is 0 Å². The number of hydrogen-bond acceptors (Lipinski definition) is 3. The van der Waals surface area contributed by atoms with Gasteiger partial charge in [-0.25, -0.2) is 9.78 Å². The van der Waals surface area contributed by atoms with E-state index < -0.39 is 24.4 Å². The summed E-state index contributed by atoms with van der Waals surface area (Å²) in [6.45, 7) is 3.59. The van der Waals surface area contributed by atoms with Crippen LogP contribution in [0.1, 0.15) is 30.9 Å². The van der Waals surface area contributed by atoms with Gasteiger partial charge in [-0.1, -0.05) is 6.92 Å². The molecular weight excluding hydrogens is 212 g/mol. The Morgan fingerprint density at radius 2 is 2.12 bits per heavy atom. The second-order valence-corrected chi connectivity index (χ2v) is 3.51. The number of nitrogens with zero attached hydrogens (tertiary/aromatic N) is 2. The van der Waals surface area contributed by atoms with E-state index in [1.807, 2.05) is 6.92 Å². The lowest BCUT2D eigenvalue weighted by Gasteiger charge is -2.13. The highest BCUT2D eigenvalue weighted by atomic mass is 16.4. The molecule has 1 rings (SSSR count). The Morgan fingerprint density at radius 1 is 1.50 bits per heavy atom. The van der Waals surface area contributed by atoms with Crippen molar-refractivity contribution in [2.75, 3.05) is 0 Å². The highest BCUT2D eigenvalue weighted by Gasteiger charge is 2.24. The second kappa shape index (κ2) is 4.78. The molecule has 0 fully saturated rings. The lowest BCUT2D eigenvalue weighted by Crippen LogP contribution is -2.23. The van der Waals surface area contributed by atoms with Crippen molar-refractivity contribution >= 4 is 11.9 Å². The molecule has 6 heteroatoms. The van der Waals surface area contributed by atoms with Crippen molar-refractivity contribution in [3.8, 4) is 0 Å². The number of hydrogen-bond donors (Lipinski definition) is 2. The zero-order chi connectivity index (χ0) is 12.3. The summed E-state index contributed by atoms with van der Waals surface area (Å²) in [4.78, 5) is 25.7. The summed E-state index contributed by atoms with van der Waals surface area (Å²) in [5, 5.41) is 17.7. The summed E-state index contributed by atoms with van der Waals surface area (Å²) >= 11 is 0. The number of aliphatic carboxylic acids is 2. The average molecular weight is 226 g/mol. The van der Waals surface area contributed by atoms with E-state index in [9.17, 15) is 9.59 Å². The Hall–Kier alpha value is -1.85. The molecule has 0 aromatic carbocycles. The van der Waals surface area contributed by atoms with Crippen molar-refractivity contribution in [2.45, 2.75) is 32.7 Å². The number of aromatic nitrogens is 2. The Morgan fingerprint density at radius 3 is 2.56 bits per heavy atom. The minimum Gasteiger partial charge on any atom is -0.481 e. The molecule has 0 radical (unpaired) electrons. The Bertz CT molecular complexity index is 411. The Balaban J connectivity index is 3.09. The first-order chi connectivity index (χ1) is 7.45. The topological polar surface area (TPSA) is 92.4 Å². The molecule has 0 spiro atoms. The second-order valence-electron chi connectivity index (χ2n) is 3.51. The van der Waals surface area contributed by atoms with E-state index in [4.69, 9.17) is 10.2 Å². The van der Waals surface area contributed by atoms with Crippen molar-refractivity contribution in [1.29, 1.82) is 0 Å². The van der Waals surface area contributed by atoms with E-state index in [-0.39, 0.29) is 0 Å². The third-order valence-electron chi connectivity index (χ3n) is 2.23. The van der Waals surface area contributed by atoms with Crippen LogP contribution in [-0.4, -0.2) is 31.7 Å². The average Bonchev–Trinajstić information content (AvgIpc) is 2.55. The van der Waals surface area contributed by atoms with Crippen LogP contribution in [0.5, 0.6) is 0 Å². The maximum atomic E-state index is 11.0. The summed E-state index contributed by atoms with van der Waals surface area (Å²) in [5.74, 6) is -1.71. The molecule has 0 aliphatic rings. The molecule has 0 saturated heterocycles. The summed E-state index contributed by atoms with van der Waals surface area (Å²) in [5.41, 5.74) is 0.688. The molecule has 88 valence electrons. The summed E-state index contributed by atoms with van der Waals surface area (Å²) < 4.78 is 1.42. The van der Waals surface area contributed by atoms with Crippen LogP contribution in [0.15, 0.2) is 6.20 Å². The van der Waals surface area contributed by atoms with Crippen LogP contribution in [0.25, 0.3) is 0 Å². The number of rotatable bonds is 5. The molecule has 1 atom stereocenters. The molecule has 0 aliphatic carbocycles. The van der Waals surface area contributed by atoms with Crippen LogP contribution in [-0.2, 0) is 16.0 Å². The lowest BCUT2D eigenvalue weighted by atomic mass is 10.2. The Kier molecular flexibility index (Phi) is 3.65. The van der Waals surface area contributed by atoms with Crippen molar-refractivity contribution < 1.29 is 19.8 Å². The standard InChI is InChI=1S/C10H14N2O4/c1-3-8-11-6(2)5-12(8)7(10(15)16)4-9(13)14/h5,7H,3-4H2,1-2H3,(H,13,14)(H,15,16). The molecule has 1 aromatic rings. The predicted octanol–water partition coefficient (Wildman–Crippen LogP) is 0.854. The molecule has 2 N–H and O–H groups in total. The molecule has 0 bridgehead atoms. The first kappa shape index (κ1) is 12.2. The first-order valence-corrected chi connectivity index (χ1v) is 4.94. The normalized spacial score (nSPS) is 12.4. The number of carboxylic acids is 2. The van der Waals surface area contributed by atoms with E-state index in [0.29, 0.717) is 17.9 Å². The van der Waals surface area contributed by atoms with E-state index in [0.717, 1.165) is 0 Å². The van der Waals surface area contributed by atoms with Gasteiger partial charge in [-0.3, -0.25) is 4.79 Å². The third-order valence-corrected chi connectivity index (χ3v) is 2.23. The van der Waals surface area contributed by atoms with Gasteiger partial charge in [0.15, 0.2) is 0 Å². The fourth-order valence-electron chi connectivity index (χ4n) is 1.57. The molecule has 0 amide bonds. The fourth-order valence-corrected chi connectivity index (χ4v) is 1.57. The monoisotopic (exact) mass is 226 g/mol. The van der Waals surface area contributed by atoms with Gasteiger partial charge >= 0.3 is 11.9 Å². The minimum absolute atomic E-state index is 0.446. The largest absolute Gasteiger partial charge is 0.481 e. The van der Waals surface area contributed by atoms with Crippen LogP contribution in [0.2, 0.25) is 0 Å². The number of carboxylic acid groups (broad SMARTS) is 2. The van der Waals surface area contributed by atoms with Crippen LogP contribution in [0.3, 0.4) is 0 Å². The van der Waals surface area contributed by atoms with Crippen LogP contribution >= 0.6 is 0 Å². The van der Waals surface area contributed by atoms with Gasteiger partial charge in [0.1, 0.15) is 11.9 Å². The molecule has 16 heavy (non-hydrogen) atoms. The van der Waals surface area contributed by atoms with Gasteiger partial charge < -0.3 is 14.8 Å². The molecule has 1 unspecified atom stereocenters. The highest BCUT2D eigenvalue weighted by molar-refractivity contribution is 5.79. The molecule has 1 aromatic heterocycles. The highest BCUT2D eigenvalue weighted by Crippen LogP contribution is 2.16. The van der Waals surface area contributed by atoms with Gasteiger partial charge in [-0.15, -0.1) is 0 Å². The van der Waals surface area contributed by atoms with Gasteiger partial charge in [-0.05, 0) is 6.92 Å². The molecular formula is C10H14N2O4. The van der Waals surface area contributed by atoms with Crippen molar-refractivity contribution in [1.82, 2.24) is 9.55 Å². The van der Waals surface area contributed by atoms with E-state index in [1.165, 1.54) is 4.57 Å². The van der Waals surface area contributed by atoms with E-state index in [2.05, 4.69) is 4.98 Å². The minimum atomic E-state index is -1.16. The quantitative estimate of drug-likeness (QED) is 0.776. The van der Waals surface area contributed by atoms with Crippen molar-refractivity contribution in [3.05, 3.63) is 17.7 Å². The SMILES string of the molecule is CCc1nc(C)cn1C(CC(=O)O)C(=O)O. The van der Waals surface area contributed by atoms with Gasteiger partial charge in [0.25, 0.3) is 0 Å². The van der Waals surface area contributed by atoms with Crippen molar-refractivity contribution in [3.63, 3.8) is 0 Å². The maximum Gasteiger partial charge on any atom is 0.327 e. The fraction of sp³-hybridized carbons (Fsp3) is 0.500. The molecule has 0 aliphatic heterocycles. The summed E-state index contributed by atoms with van der Waals surface area (Å²) in [6, 6.07) is -1.09. The maximum absolute atomic E-state index is 11.0. The van der Waals surface area contributed by atoms with Gasteiger partial charge in [0.2, 0.25) is 0 Å². The summed E-state index contributed by atoms with van der Waals surface area (Å²) in [6.07, 6.45) is 1.69. The smallest absolute Gasteiger partial charge is 0.327 e. The number of imidazole rings is 1. The van der Waals surface area contributed by atoms with Gasteiger partial charge in [-0.2, -0.15) is 0 Å².